The first kappa shape index (κ1) is 10.6. The molecule has 0 fully saturated rings. The van der Waals surface area contributed by atoms with E-state index in [0.29, 0.717) is 11.8 Å². The highest BCUT2D eigenvalue weighted by molar-refractivity contribution is 6.35. The van der Waals surface area contributed by atoms with Gasteiger partial charge in [0.25, 0.3) is 0 Å². The normalized spacial score (nSPS) is 23.8. The van der Waals surface area contributed by atoms with Crippen molar-refractivity contribution in [3.8, 4) is 0 Å². The van der Waals surface area contributed by atoms with Crippen molar-refractivity contribution >= 4 is 7.28 Å². The maximum absolute atomic E-state index is 5.51. The van der Waals surface area contributed by atoms with Gasteiger partial charge in [0.2, 0.25) is 0 Å². The highest BCUT2D eigenvalue weighted by atomic mass is 14.5. The molecule has 1 aliphatic carbocycles. The van der Waals surface area contributed by atoms with Gasteiger partial charge in [0.15, 0.2) is 0 Å². The zero-order valence-electron chi connectivity index (χ0n) is 9.01. The molecule has 1 nitrogen and oxygen atoms in total. The molecule has 0 aromatic carbocycles. The molecule has 13 heavy (non-hydrogen) atoms. The van der Waals surface area contributed by atoms with E-state index >= 15 is 0 Å². The Labute approximate surface area is 82.3 Å². The number of hydrogen-bond donors (Lipinski definition) is 1. The lowest BCUT2D eigenvalue weighted by molar-refractivity contribution is 0.665. The van der Waals surface area contributed by atoms with Gasteiger partial charge in [-0.15, -0.1) is 0 Å². The minimum absolute atomic E-state index is 0.646. The first-order valence-electron chi connectivity index (χ1n) is 5.25. The maximum atomic E-state index is 5.51. The summed E-state index contributed by atoms with van der Waals surface area (Å²) in [7, 11) is 1.14. The lowest BCUT2D eigenvalue weighted by Crippen LogP contribution is -2.14. The molecular weight excluding hydrogens is 157 g/mol. The molecule has 1 rings (SSSR count). The fourth-order valence-electron chi connectivity index (χ4n) is 2.26. The van der Waals surface area contributed by atoms with Gasteiger partial charge in [-0.2, -0.15) is 0 Å². The quantitative estimate of drug-likeness (QED) is 0.652. The Balaban J connectivity index is 2.56. The van der Waals surface area contributed by atoms with Gasteiger partial charge in [-0.3, -0.25) is 0 Å². The molecule has 0 aliphatic heterocycles. The number of rotatable bonds is 4. The van der Waals surface area contributed by atoms with Gasteiger partial charge in [0.05, 0.1) is 0 Å². The molecule has 2 unspecified atom stereocenters. The standard InChI is InChI=1S/C11H20BN/c1-8-4-5-9(2)11(8)10(3)6-12-7-13/h4-5,8,10,12H,6-7,13H2,1-3H3. The Bertz CT molecular complexity index is 230. The lowest BCUT2D eigenvalue weighted by Gasteiger charge is -2.18. The molecule has 0 radical (unpaired) electrons. The molecule has 0 aromatic rings. The summed E-state index contributed by atoms with van der Waals surface area (Å²) in [6, 6.07) is 0. The van der Waals surface area contributed by atoms with Crippen molar-refractivity contribution in [3.05, 3.63) is 23.3 Å². The zero-order chi connectivity index (χ0) is 9.84. The van der Waals surface area contributed by atoms with Crippen LogP contribution in [0.25, 0.3) is 0 Å². The molecule has 2 atom stereocenters. The molecular formula is C11H20BN. The van der Waals surface area contributed by atoms with Crippen LogP contribution >= 0.6 is 0 Å². The Morgan fingerprint density at radius 3 is 2.77 bits per heavy atom. The van der Waals surface area contributed by atoms with Crippen molar-refractivity contribution in [1.82, 2.24) is 0 Å². The summed E-state index contributed by atoms with van der Waals surface area (Å²) in [4.78, 5) is 0. The summed E-state index contributed by atoms with van der Waals surface area (Å²) in [5, 5.41) is 0. The summed E-state index contributed by atoms with van der Waals surface area (Å²) in [5.74, 6) is 1.35. The molecule has 0 saturated heterocycles. The van der Waals surface area contributed by atoms with Crippen LogP contribution in [0.2, 0.25) is 6.32 Å². The topological polar surface area (TPSA) is 26.0 Å². The van der Waals surface area contributed by atoms with Crippen molar-refractivity contribution in [1.29, 1.82) is 0 Å². The largest absolute Gasteiger partial charge is 0.338 e. The average Bonchev–Trinajstić information content (AvgIpc) is 2.42. The van der Waals surface area contributed by atoms with Crippen LogP contribution in [0, 0.1) is 11.8 Å². The van der Waals surface area contributed by atoms with Gasteiger partial charge in [-0.1, -0.05) is 43.5 Å². The van der Waals surface area contributed by atoms with E-state index in [0.717, 1.165) is 13.7 Å². The molecule has 2 heteroatoms. The minimum atomic E-state index is 0.646. The summed E-state index contributed by atoms with van der Waals surface area (Å²) in [6.45, 7) is 6.81. The number of nitrogens with two attached hydrogens (primary N) is 1. The van der Waals surface area contributed by atoms with Gasteiger partial charge in [0.1, 0.15) is 7.28 Å². The summed E-state index contributed by atoms with van der Waals surface area (Å²) < 4.78 is 0. The Morgan fingerprint density at radius 2 is 2.31 bits per heavy atom. The average molecular weight is 177 g/mol. The fraction of sp³-hybridized carbons (Fsp3) is 0.636. The molecule has 0 spiro atoms. The van der Waals surface area contributed by atoms with Gasteiger partial charge >= 0.3 is 0 Å². The van der Waals surface area contributed by atoms with Crippen molar-refractivity contribution in [2.24, 2.45) is 17.6 Å². The third-order valence-electron chi connectivity index (χ3n) is 2.95. The molecule has 0 saturated carbocycles. The Hall–Kier alpha value is -0.495. The van der Waals surface area contributed by atoms with E-state index in [1.54, 1.807) is 5.57 Å². The van der Waals surface area contributed by atoms with E-state index in [2.05, 4.69) is 32.9 Å². The Morgan fingerprint density at radius 1 is 1.62 bits per heavy atom. The van der Waals surface area contributed by atoms with Gasteiger partial charge in [-0.25, -0.2) is 0 Å². The van der Waals surface area contributed by atoms with Crippen molar-refractivity contribution in [3.63, 3.8) is 0 Å². The van der Waals surface area contributed by atoms with Crippen LogP contribution < -0.4 is 5.73 Å². The van der Waals surface area contributed by atoms with Crippen molar-refractivity contribution in [2.75, 3.05) is 6.44 Å². The third kappa shape index (κ3) is 2.47. The maximum Gasteiger partial charge on any atom is 0.138 e. The predicted octanol–water partition coefficient (Wildman–Crippen LogP) is 1.92. The van der Waals surface area contributed by atoms with E-state index < -0.39 is 0 Å². The fourth-order valence-corrected chi connectivity index (χ4v) is 2.26. The van der Waals surface area contributed by atoms with Crippen molar-refractivity contribution < 1.29 is 0 Å². The van der Waals surface area contributed by atoms with Gasteiger partial charge < -0.3 is 5.73 Å². The van der Waals surface area contributed by atoms with E-state index in [1.807, 2.05) is 0 Å². The minimum Gasteiger partial charge on any atom is -0.338 e. The molecule has 0 heterocycles. The smallest absolute Gasteiger partial charge is 0.138 e. The number of hydrogen-bond acceptors (Lipinski definition) is 1. The summed E-state index contributed by atoms with van der Waals surface area (Å²) in [6.07, 6.45) is 6.59. The first-order chi connectivity index (χ1) is 6.16. The SMILES string of the molecule is CC1=C(C(C)CBCN)C(C)C=C1. The molecule has 0 amide bonds. The monoisotopic (exact) mass is 177 g/mol. The van der Waals surface area contributed by atoms with Gasteiger partial charge in [-0.05, 0) is 25.2 Å². The summed E-state index contributed by atoms with van der Waals surface area (Å²) in [5.41, 5.74) is 8.60. The number of allylic oxidation sites excluding steroid dienone is 4. The van der Waals surface area contributed by atoms with Gasteiger partial charge in [0, 0.05) is 0 Å². The molecule has 2 N–H and O–H groups in total. The second-order valence-corrected chi connectivity index (χ2v) is 4.12. The molecule has 0 aromatic heterocycles. The highest BCUT2D eigenvalue weighted by Gasteiger charge is 2.19. The van der Waals surface area contributed by atoms with Crippen LogP contribution in [0.5, 0.6) is 0 Å². The van der Waals surface area contributed by atoms with Crippen LogP contribution in [0.15, 0.2) is 23.3 Å². The van der Waals surface area contributed by atoms with Crippen molar-refractivity contribution in [2.45, 2.75) is 27.1 Å². The third-order valence-corrected chi connectivity index (χ3v) is 2.95. The lowest BCUT2D eigenvalue weighted by atomic mass is 9.67. The van der Waals surface area contributed by atoms with E-state index in [1.165, 1.54) is 11.9 Å². The second-order valence-electron chi connectivity index (χ2n) is 4.12. The molecule has 0 bridgehead atoms. The molecule has 1 aliphatic rings. The zero-order valence-corrected chi connectivity index (χ0v) is 9.01. The van der Waals surface area contributed by atoms with Crippen LogP contribution in [0.3, 0.4) is 0 Å². The van der Waals surface area contributed by atoms with Crippen LogP contribution in [0.4, 0.5) is 0 Å². The highest BCUT2D eigenvalue weighted by Crippen LogP contribution is 2.32. The first-order valence-corrected chi connectivity index (χ1v) is 5.25. The molecule has 72 valence electrons. The van der Waals surface area contributed by atoms with E-state index in [-0.39, 0.29) is 0 Å². The summed E-state index contributed by atoms with van der Waals surface area (Å²) >= 11 is 0. The Kier molecular flexibility index (Phi) is 3.79. The van der Waals surface area contributed by atoms with E-state index in [9.17, 15) is 0 Å². The second kappa shape index (κ2) is 4.66. The van der Waals surface area contributed by atoms with E-state index in [4.69, 9.17) is 5.73 Å². The predicted molar refractivity (Wildman–Crippen MR) is 61.2 cm³/mol. The van der Waals surface area contributed by atoms with Crippen LogP contribution in [-0.4, -0.2) is 13.7 Å². The van der Waals surface area contributed by atoms with Crippen LogP contribution in [-0.2, 0) is 0 Å². The van der Waals surface area contributed by atoms with Crippen LogP contribution in [0.1, 0.15) is 20.8 Å².